The highest BCUT2D eigenvalue weighted by atomic mass is 31.1. The summed E-state index contributed by atoms with van der Waals surface area (Å²) < 4.78 is 20.7. The van der Waals surface area contributed by atoms with Gasteiger partial charge in [0.25, 0.3) is 0 Å². The van der Waals surface area contributed by atoms with Crippen LogP contribution in [0, 0.1) is 0 Å². The van der Waals surface area contributed by atoms with Crippen LogP contribution in [0.3, 0.4) is 0 Å². The van der Waals surface area contributed by atoms with Gasteiger partial charge in [-0.3, -0.25) is 4.57 Å². The van der Waals surface area contributed by atoms with Crippen LogP contribution in [0.5, 0.6) is 0 Å². The van der Waals surface area contributed by atoms with Crippen molar-refractivity contribution in [3.63, 3.8) is 0 Å². The number of rotatable bonds is 0. The minimum atomic E-state index is -2.14. The fourth-order valence-electron chi connectivity index (χ4n) is 1.09. The van der Waals surface area contributed by atoms with Gasteiger partial charge in [0.05, 0.1) is 13.2 Å². The molecule has 0 unspecified atom stereocenters. The summed E-state index contributed by atoms with van der Waals surface area (Å²) in [6.45, 7) is 1.19. The molecule has 1 aliphatic heterocycles. The molecule has 66 valence electrons. The van der Waals surface area contributed by atoms with Crippen molar-refractivity contribution in [2.45, 2.75) is 32.1 Å². The molecule has 0 aromatic carbocycles. The first-order chi connectivity index (χ1) is 5.39. The molecule has 0 spiro atoms. The van der Waals surface area contributed by atoms with Crippen molar-refractivity contribution >= 4 is 8.25 Å². The highest BCUT2D eigenvalue weighted by Crippen LogP contribution is 2.25. The largest absolute Gasteiger partial charge is 0.319 e. The molecule has 0 aromatic rings. The maximum absolute atomic E-state index is 10.8. The summed E-state index contributed by atoms with van der Waals surface area (Å²) in [5.41, 5.74) is 0. The Morgan fingerprint density at radius 3 is 1.82 bits per heavy atom. The summed E-state index contributed by atoms with van der Waals surface area (Å²) in [6, 6.07) is 0. The van der Waals surface area contributed by atoms with E-state index in [2.05, 4.69) is 0 Å². The molecule has 0 amide bonds. The first-order valence-electron chi connectivity index (χ1n) is 4.19. The predicted molar refractivity (Wildman–Crippen MR) is 44.0 cm³/mol. The quantitative estimate of drug-likeness (QED) is 0.534. The molecule has 0 aliphatic carbocycles. The molecule has 0 N–H and O–H groups in total. The zero-order valence-electron chi connectivity index (χ0n) is 6.67. The Morgan fingerprint density at radius 2 is 1.27 bits per heavy atom. The average Bonchev–Trinajstić information content (AvgIpc) is 2.03. The SMILES string of the molecule is O=[PH]1OCCCCCCCO1. The fourth-order valence-corrected chi connectivity index (χ4v) is 1.79. The second-order valence-electron chi connectivity index (χ2n) is 2.71. The molecule has 0 aromatic heterocycles. The molecule has 0 atom stereocenters. The first kappa shape index (κ1) is 9.24. The van der Waals surface area contributed by atoms with Gasteiger partial charge in [-0.05, 0) is 12.8 Å². The third-order valence-corrected chi connectivity index (χ3v) is 2.61. The van der Waals surface area contributed by atoms with Crippen LogP contribution in [0.25, 0.3) is 0 Å². The predicted octanol–water partition coefficient (Wildman–Crippen LogP) is 2.37. The molecular formula is C7H15O3P. The lowest BCUT2D eigenvalue weighted by atomic mass is 10.1. The minimum absolute atomic E-state index is 0.595. The Hall–Kier alpha value is 0.150. The van der Waals surface area contributed by atoms with Crippen LogP contribution in [0.15, 0.2) is 0 Å². The van der Waals surface area contributed by atoms with Crippen molar-refractivity contribution in [2.24, 2.45) is 0 Å². The molecule has 1 fully saturated rings. The molecule has 3 nitrogen and oxygen atoms in total. The summed E-state index contributed by atoms with van der Waals surface area (Å²) in [5.74, 6) is 0. The van der Waals surface area contributed by atoms with Gasteiger partial charge in [0.15, 0.2) is 0 Å². The van der Waals surface area contributed by atoms with Crippen molar-refractivity contribution in [1.82, 2.24) is 0 Å². The first-order valence-corrected chi connectivity index (χ1v) is 5.41. The second-order valence-corrected chi connectivity index (χ2v) is 3.79. The lowest BCUT2D eigenvalue weighted by molar-refractivity contribution is 0.211. The topological polar surface area (TPSA) is 35.5 Å². The van der Waals surface area contributed by atoms with Crippen LogP contribution in [0.2, 0.25) is 0 Å². The van der Waals surface area contributed by atoms with E-state index in [0.717, 1.165) is 12.8 Å². The van der Waals surface area contributed by atoms with Crippen LogP contribution >= 0.6 is 8.25 Å². The summed E-state index contributed by atoms with van der Waals surface area (Å²) in [5, 5.41) is 0. The lowest BCUT2D eigenvalue weighted by Gasteiger charge is -2.08. The van der Waals surface area contributed by atoms with Crippen molar-refractivity contribution < 1.29 is 13.6 Å². The zero-order chi connectivity index (χ0) is 7.94. The van der Waals surface area contributed by atoms with Crippen molar-refractivity contribution in [3.8, 4) is 0 Å². The third-order valence-electron chi connectivity index (χ3n) is 1.73. The van der Waals surface area contributed by atoms with Crippen LogP contribution < -0.4 is 0 Å². The molecule has 1 rings (SSSR count). The lowest BCUT2D eigenvalue weighted by Crippen LogP contribution is -1.95. The van der Waals surface area contributed by atoms with Gasteiger partial charge < -0.3 is 9.05 Å². The van der Waals surface area contributed by atoms with Crippen LogP contribution in [-0.2, 0) is 13.6 Å². The van der Waals surface area contributed by atoms with Gasteiger partial charge >= 0.3 is 8.25 Å². The zero-order valence-corrected chi connectivity index (χ0v) is 7.67. The Morgan fingerprint density at radius 1 is 0.818 bits per heavy atom. The van der Waals surface area contributed by atoms with Gasteiger partial charge in [0.1, 0.15) is 0 Å². The number of hydrogen-bond donors (Lipinski definition) is 0. The number of hydrogen-bond acceptors (Lipinski definition) is 3. The Kier molecular flexibility index (Phi) is 4.84. The van der Waals surface area contributed by atoms with Crippen molar-refractivity contribution in [2.75, 3.05) is 13.2 Å². The van der Waals surface area contributed by atoms with E-state index in [1.54, 1.807) is 0 Å². The molecular weight excluding hydrogens is 163 g/mol. The van der Waals surface area contributed by atoms with E-state index in [0.29, 0.717) is 13.2 Å². The molecule has 11 heavy (non-hydrogen) atoms. The molecule has 1 saturated heterocycles. The second kappa shape index (κ2) is 5.76. The van der Waals surface area contributed by atoms with Gasteiger partial charge in [-0.1, -0.05) is 19.3 Å². The van der Waals surface area contributed by atoms with Gasteiger partial charge in [-0.2, -0.15) is 0 Å². The normalized spacial score (nSPS) is 24.7. The van der Waals surface area contributed by atoms with E-state index in [4.69, 9.17) is 9.05 Å². The van der Waals surface area contributed by atoms with E-state index in [9.17, 15) is 4.57 Å². The van der Waals surface area contributed by atoms with Crippen LogP contribution in [-0.4, -0.2) is 13.2 Å². The molecule has 0 radical (unpaired) electrons. The highest BCUT2D eigenvalue weighted by Gasteiger charge is 2.01. The van der Waals surface area contributed by atoms with E-state index >= 15 is 0 Å². The molecule has 1 aliphatic rings. The highest BCUT2D eigenvalue weighted by molar-refractivity contribution is 7.33. The average molecular weight is 178 g/mol. The van der Waals surface area contributed by atoms with Gasteiger partial charge in [0.2, 0.25) is 0 Å². The molecule has 4 heteroatoms. The fraction of sp³-hybridized carbons (Fsp3) is 1.00. The van der Waals surface area contributed by atoms with E-state index in [-0.39, 0.29) is 0 Å². The van der Waals surface area contributed by atoms with Gasteiger partial charge in [-0.15, -0.1) is 0 Å². The van der Waals surface area contributed by atoms with E-state index in [1.165, 1.54) is 19.3 Å². The van der Waals surface area contributed by atoms with E-state index < -0.39 is 8.25 Å². The van der Waals surface area contributed by atoms with Gasteiger partial charge in [-0.25, -0.2) is 0 Å². The summed E-state index contributed by atoms with van der Waals surface area (Å²) in [4.78, 5) is 0. The standard InChI is InChI=1S/C7H15O3P/c8-11-9-6-4-2-1-3-5-7-10-11/h11H,1-7H2. The van der Waals surface area contributed by atoms with Gasteiger partial charge in [0, 0.05) is 0 Å². The Balaban J connectivity index is 2.17. The maximum Gasteiger partial charge on any atom is 0.319 e. The monoisotopic (exact) mass is 178 g/mol. The molecule has 0 saturated carbocycles. The maximum atomic E-state index is 10.8. The van der Waals surface area contributed by atoms with Crippen molar-refractivity contribution in [1.29, 1.82) is 0 Å². The Labute approximate surface area is 68.0 Å². The summed E-state index contributed by atoms with van der Waals surface area (Å²) >= 11 is 0. The van der Waals surface area contributed by atoms with Crippen LogP contribution in [0.4, 0.5) is 0 Å². The molecule has 0 bridgehead atoms. The van der Waals surface area contributed by atoms with Crippen molar-refractivity contribution in [3.05, 3.63) is 0 Å². The van der Waals surface area contributed by atoms with E-state index in [1.807, 2.05) is 0 Å². The minimum Gasteiger partial charge on any atom is -0.311 e. The smallest absolute Gasteiger partial charge is 0.311 e. The third kappa shape index (κ3) is 4.57. The summed E-state index contributed by atoms with van der Waals surface area (Å²) in [6.07, 6.45) is 5.65. The van der Waals surface area contributed by atoms with Crippen LogP contribution in [0.1, 0.15) is 32.1 Å². The molecule has 1 heterocycles. The summed E-state index contributed by atoms with van der Waals surface area (Å²) in [7, 11) is -2.14. The Bertz CT molecular complexity index is 115.